The van der Waals surface area contributed by atoms with E-state index in [1.165, 1.54) is 34.4 Å². The zero-order valence-corrected chi connectivity index (χ0v) is 16.7. The summed E-state index contributed by atoms with van der Waals surface area (Å²) in [6, 6.07) is 6.08. The molecule has 8 heteroatoms. The highest BCUT2D eigenvalue weighted by Gasteiger charge is 2.29. The van der Waals surface area contributed by atoms with Gasteiger partial charge in [-0.15, -0.1) is 11.3 Å². The van der Waals surface area contributed by atoms with Gasteiger partial charge in [-0.05, 0) is 49.1 Å². The van der Waals surface area contributed by atoms with Crippen LogP contribution in [0, 0.1) is 11.7 Å². The van der Waals surface area contributed by atoms with Crippen LogP contribution in [0.2, 0.25) is 5.02 Å². The maximum atomic E-state index is 13.3. The fourth-order valence-electron chi connectivity index (χ4n) is 3.59. The molecule has 2 heterocycles. The average molecular weight is 423 g/mol. The van der Waals surface area contributed by atoms with Crippen molar-refractivity contribution in [1.29, 1.82) is 0 Å². The van der Waals surface area contributed by atoms with Crippen LogP contribution in [-0.2, 0) is 22.4 Å². The number of amides is 2. The molecule has 1 fully saturated rings. The number of hydrogen-bond donors (Lipinski definition) is 1. The maximum absolute atomic E-state index is 13.3. The van der Waals surface area contributed by atoms with E-state index in [1.807, 2.05) is 11.0 Å². The molecule has 1 aromatic heterocycles. The molecule has 0 saturated carbocycles. The van der Waals surface area contributed by atoms with Crippen molar-refractivity contribution in [2.45, 2.75) is 19.3 Å². The predicted molar refractivity (Wildman–Crippen MR) is 107 cm³/mol. The monoisotopic (exact) mass is 422 g/mol. The number of nitrogens with zero attached hydrogens (tertiary/aromatic N) is 1. The molecule has 4 rings (SSSR count). The van der Waals surface area contributed by atoms with Crippen molar-refractivity contribution in [3.05, 3.63) is 50.4 Å². The minimum Gasteiger partial charge on any atom is -0.378 e. The van der Waals surface area contributed by atoms with E-state index in [1.54, 1.807) is 0 Å². The molecule has 5 nitrogen and oxygen atoms in total. The summed E-state index contributed by atoms with van der Waals surface area (Å²) in [4.78, 5) is 29.1. The largest absolute Gasteiger partial charge is 0.378 e. The molecule has 28 heavy (non-hydrogen) atoms. The number of ether oxygens (including phenoxy) is 1. The predicted octanol–water partition coefficient (Wildman–Crippen LogP) is 3.76. The summed E-state index contributed by atoms with van der Waals surface area (Å²) in [5.74, 6) is -0.764. The van der Waals surface area contributed by atoms with Gasteiger partial charge in [0.2, 0.25) is 5.91 Å². The minimum atomic E-state index is -0.516. The van der Waals surface area contributed by atoms with E-state index in [-0.39, 0.29) is 22.8 Å². The molecule has 1 atom stereocenters. The number of nitrogens with one attached hydrogen (secondary N) is 1. The zero-order chi connectivity index (χ0) is 19.7. The Hall–Kier alpha value is -1.96. The lowest BCUT2D eigenvalue weighted by molar-refractivity contribution is -0.120. The summed E-state index contributed by atoms with van der Waals surface area (Å²) in [5.41, 5.74) is 1.56. The Labute approximate surface area is 171 Å². The fraction of sp³-hybridized carbons (Fsp3) is 0.400. The molecule has 0 spiro atoms. The first kappa shape index (κ1) is 19.4. The van der Waals surface area contributed by atoms with Crippen LogP contribution in [0.4, 0.5) is 10.1 Å². The molecule has 1 aromatic carbocycles. The molecule has 2 aliphatic rings. The van der Waals surface area contributed by atoms with Gasteiger partial charge >= 0.3 is 0 Å². The number of morpholine rings is 1. The Morgan fingerprint density at radius 1 is 1.25 bits per heavy atom. The van der Waals surface area contributed by atoms with Crippen LogP contribution in [0.1, 0.15) is 26.5 Å². The van der Waals surface area contributed by atoms with E-state index < -0.39 is 5.82 Å². The summed E-state index contributed by atoms with van der Waals surface area (Å²) in [6.07, 6.45) is 2.10. The van der Waals surface area contributed by atoms with Crippen LogP contribution in [0.5, 0.6) is 0 Å². The minimum absolute atomic E-state index is 0.0205. The number of aryl methyl sites for hydroxylation is 1. The third-order valence-corrected chi connectivity index (χ3v) is 6.66. The van der Waals surface area contributed by atoms with Crippen molar-refractivity contribution < 1.29 is 18.7 Å². The van der Waals surface area contributed by atoms with Crippen molar-refractivity contribution in [2.24, 2.45) is 5.92 Å². The lowest BCUT2D eigenvalue weighted by atomic mass is 9.87. The van der Waals surface area contributed by atoms with Gasteiger partial charge in [0.1, 0.15) is 5.82 Å². The van der Waals surface area contributed by atoms with Crippen LogP contribution < -0.4 is 5.32 Å². The smallest absolute Gasteiger partial charge is 0.264 e. The lowest BCUT2D eigenvalue weighted by Gasteiger charge is -2.26. The summed E-state index contributed by atoms with van der Waals surface area (Å²) in [6.45, 7) is 2.39. The van der Waals surface area contributed by atoms with Crippen molar-refractivity contribution in [2.75, 3.05) is 31.6 Å². The number of hydrogen-bond acceptors (Lipinski definition) is 4. The molecule has 1 aliphatic carbocycles. The highest BCUT2D eigenvalue weighted by atomic mass is 35.5. The number of anilines is 1. The normalized spacial score (nSPS) is 19.2. The quantitative estimate of drug-likeness (QED) is 0.819. The molecule has 1 saturated heterocycles. The van der Waals surface area contributed by atoms with Gasteiger partial charge in [0.25, 0.3) is 5.91 Å². The third-order valence-electron chi connectivity index (χ3n) is 5.15. The van der Waals surface area contributed by atoms with Crippen molar-refractivity contribution in [1.82, 2.24) is 4.90 Å². The highest BCUT2D eigenvalue weighted by molar-refractivity contribution is 7.14. The number of thiophene rings is 1. The number of carbonyl (C=O) groups excluding carboxylic acids is 2. The fourth-order valence-corrected chi connectivity index (χ4v) is 4.95. The first-order valence-corrected chi connectivity index (χ1v) is 10.4. The molecule has 0 bridgehead atoms. The standard InChI is InChI=1S/C20H20ClFN2O3S/c21-15-11-14(2-3-16(15)22)23-19(25)12-1-4-17-13(9-12)10-18(28-17)20(26)24-5-7-27-8-6-24/h2-3,10-12H,1,4-9H2,(H,23,25)/t12-/m0/s1. The number of benzene rings is 1. The first-order chi connectivity index (χ1) is 13.5. The van der Waals surface area contributed by atoms with E-state index in [0.717, 1.165) is 23.3 Å². The summed E-state index contributed by atoms with van der Waals surface area (Å²) < 4.78 is 18.6. The number of halogens is 2. The average Bonchev–Trinajstić information content (AvgIpc) is 3.14. The Morgan fingerprint density at radius 3 is 2.79 bits per heavy atom. The van der Waals surface area contributed by atoms with Crippen molar-refractivity contribution in [3.63, 3.8) is 0 Å². The Kier molecular flexibility index (Phi) is 5.66. The van der Waals surface area contributed by atoms with Gasteiger partial charge in [0, 0.05) is 29.6 Å². The van der Waals surface area contributed by atoms with Gasteiger partial charge in [0.05, 0.1) is 23.1 Å². The maximum Gasteiger partial charge on any atom is 0.264 e. The lowest BCUT2D eigenvalue weighted by Crippen LogP contribution is -2.40. The summed E-state index contributed by atoms with van der Waals surface area (Å²) in [7, 11) is 0. The molecule has 2 amide bonds. The van der Waals surface area contributed by atoms with E-state index >= 15 is 0 Å². The van der Waals surface area contributed by atoms with Crippen LogP contribution >= 0.6 is 22.9 Å². The van der Waals surface area contributed by atoms with Crippen LogP contribution in [0.25, 0.3) is 0 Å². The van der Waals surface area contributed by atoms with Crippen LogP contribution in [0.3, 0.4) is 0 Å². The van der Waals surface area contributed by atoms with Crippen molar-refractivity contribution >= 4 is 40.4 Å². The molecule has 1 aliphatic heterocycles. The number of carbonyl (C=O) groups is 2. The number of rotatable bonds is 3. The molecule has 2 aromatic rings. The van der Waals surface area contributed by atoms with E-state index in [9.17, 15) is 14.0 Å². The molecule has 148 valence electrons. The van der Waals surface area contributed by atoms with Gasteiger partial charge in [-0.2, -0.15) is 0 Å². The van der Waals surface area contributed by atoms with Gasteiger partial charge < -0.3 is 15.0 Å². The SMILES string of the molecule is O=C(Nc1ccc(F)c(Cl)c1)[C@H]1CCc2sc(C(=O)N3CCOCC3)cc2C1. The van der Waals surface area contributed by atoms with Crippen molar-refractivity contribution in [3.8, 4) is 0 Å². The summed E-state index contributed by atoms with van der Waals surface area (Å²) in [5, 5.41) is 2.80. The van der Waals surface area contributed by atoms with Gasteiger partial charge in [0.15, 0.2) is 0 Å². The summed E-state index contributed by atoms with van der Waals surface area (Å²) >= 11 is 7.31. The number of fused-ring (bicyclic) bond motifs is 1. The van der Waals surface area contributed by atoms with E-state index in [4.69, 9.17) is 16.3 Å². The topological polar surface area (TPSA) is 58.6 Å². The van der Waals surface area contributed by atoms with Gasteiger partial charge in [-0.3, -0.25) is 9.59 Å². The van der Waals surface area contributed by atoms with Crippen LogP contribution in [-0.4, -0.2) is 43.0 Å². The van der Waals surface area contributed by atoms with E-state index in [0.29, 0.717) is 38.4 Å². The molecule has 1 N–H and O–H groups in total. The molecule has 0 radical (unpaired) electrons. The Morgan fingerprint density at radius 2 is 2.04 bits per heavy atom. The van der Waals surface area contributed by atoms with Crippen LogP contribution in [0.15, 0.2) is 24.3 Å². The highest BCUT2D eigenvalue weighted by Crippen LogP contribution is 2.34. The van der Waals surface area contributed by atoms with Gasteiger partial charge in [-0.1, -0.05) is 11.6 Å². The van der Waals surface area contributed by atoms with Gasteiger partial charge in [-0.25, -0.2) is 4.39 Å². The molecular weight excluding hydrogens is 403 g/mol. The zero-order valence-electron chi connectivity index (χ0n) is 15.2. The Balaban J connectivity index is 1.42. The first-order valence-electron chi connectivity index (χ1n) is 9.26. The third kappa shape index (κ3) is 4.06. The second-order valence-electron chi connectivity index (χ2n) is 7.02. The Bertz CT molecular complexity index is 911. The second-order valence-corrected chi connectivity index (χ2v) is 8.57. The second kappa shape index (κ2) is 8.19. The molecular formula is C20H20ClFN2O3S. The molecule has 0 unspecified atom stereocenters. The van der Waals surface area contributed by atoms with E-state index in [2.05, 4.69) is 5.32 Å².